The normalized spacial score (nSPS) is 11.0. The molecule has 1 aromatic carbocycles. The lowest BCUT2D eigenvalue weighted by Gasteiger charge is -2.12. The fourth-order valence-corrected chi connectivity index (χ4v) is 2.90. The maximum absolute atomic E-state index is 5.70. The Morgan fingerprint density at radius 1 is 1.22 bits per heavy atom. The molecule has 2 rings (SSSR count). The first kappa shape index (κ1) is 13.3. The Kier molecular flexibility index (Phi) is 3.59. The van der Waals surface area contributed by atoms with Crippen molar-refractivity contribution in [1.82, 2.24) is 9.78 Å². The molecule has 1 aromatic heterocycles. The van der Waals surface area contributed by atoms with E-state index in [4.69, 9.17) is 5.73 Å². The predicted molar refractivity (Wildman–Crippen MR) is 78.4 cm³/mol. The third-order valence-electron chi connectivity index (χ3n) is 3.56. The van der Waals surface area contributed by atoms with E-state index in [1.807, 2.05) is 11.7 Å². The third kappa shape index (κ3) is 1.99. The first-order valence-electron chi connectivity index (χ1n) is 5.96. The number of aryl methyl sites for hydroxylation is 2. The fraction of sp³-hybridized carbons (Fsp3) is 0.357. The summed E-state index contributed by atoms with van der Waals surface area (Å²) in [5.41, 5.74) is 12.8. The van der Waals surface area contributed by atoms with Gasteiger partial charge in [-0.3, -0.25) is 4.68 Å². The van der Waals surface area contributed by atoms with Crippen LogP contribution < -0.4 is 5.73 Å². The highest BCUT2D eigenvalue weighted by Crippen LogP contribution is 2.34. The highest BCUT2D eigenvalue weighted by Gasteiger charge is 2.17. The van der Waals surface area contributed by atoms with Gasteiger partial charge in [-0.05, 0) is 53.4 Å². The van der Waals surface area contributed by atoms with Crippen LogP contribution in [0.25, 0.3) is 11.3 Å². The van der Waals surface area contributed by atoms with Gasteiger partial charge in [-0.15, -0.1) is 0 Å². The summed E-state index contributed by atoms with van der Waals surface area (Å²) < 4.78 is 2.89. The predicted octanol–water partition coefficient (Wildman–Crippen LogP) is 3.23. The van der Waals surface area contributed by atoms with Crippen molar-refractivity contribution in [3.05, 3.63) is 39.0 Å². The zero-order chi connectivity index (χ0) is 13.4. The lowest BCUT2D eigenvalue weighted by atomic mass is 9.97. The maximum Gasteiger partial charge on any atom is 0.0908 e. The van der Waals surface area contributed by atoms with E-state index in [1.165, 1.54) is 22.3 Å². The second-order valence-electron chi connectivity index (χ2n) is 4.62. The lowest BCUT2D eigenvalue weighted by molar-refractivity contribution is 0.749. The molecule has 96 valence electrons. The minimum atomic E-state index is 0.443. The molecule has 0 spiro atoms. The fourth-order valence-electron chi connectivity index (χ4n) is 2.19. The average molecular weight is 308 g/mol. The van der Waals surface area contributed by atoms with Crippen molar-refractivity contribution >= 4 is 15.9 Å². The van der Waals surface area contributed by atoms with Crippen LogP contribution in [0.4, 0.5) is 0 Å². The molecule has 1 heterocycles. The highest BCUT2D eigenvalue weighted by molar-refractivity contribution is 9.10. The molecule has 4 heteroatoms. The lowest BCUT2D eigenvalue weighted by Crippen LogP contribution is -1.99. The van der Waals surface area contributed by atoms with Gasteiger partial charge in [-0.1, -0.05) is 12.1 Å². The van der Waals surface area contributed by atoms with E-state index in [9.17, 15) is 0 Å². The standard InChI is InChI=1S/C14H18BrN3/c1-8-5-6-11(10(3)9(8)2)14-13(15)12(7-16)17-18(14)4/h5-6H,7,16H2,1-4H3. The quantitative estimate of drug-likeness (QED) is 0.925. The first-order valence-corrected chi connectivity index (χ1v) is 6.75. The van der Waals surface area contributed by atoms with Gasteiger partial charge in [-0.25, -0.2) is 0 Å². The largest absolute Gasteiger partial charge is 0.325 e. The molecular weight excluding hydrogens is 290 g/mol. The van der Waals surface area contributed by atoms with Crippen molar-refractivity contribution in [1.29, 1.82) is 0 Å². The molecule has 2 N–H and O–H groups in total. The van der Waals surface area contributed by atoms with Gasteiger partial charge in [0, 0.05) is 19.2 Å². The maximum atomic E-state index is 5.70. The Morgan fingerprint density at radius 3 is 2.44 bits per heavy atom. The van der Waals surface area contributed by atoms with Crippen LogP contribution in [0.5, 0.6) is 0 Å². The number of halogens is 1. The summed E-state index contributed by atoms with van der Waals surface area (Å²) >= 11 is 3.61. The molecule has 0 bridgehead atoms. The van der Waals surface area contributed by atoms with Crippen molar-refractivity contribution in [3.8, 4) is 11.3 Å². The van der Waals surface area contributed by atoms with E-state index in [0.29, 0.717) is 6.54 Å². The topological polar surface area (TPSA) is 43.8 Å². The van der Waals surface area contributed by atoms with Crippen LogP contribution in [-0.2, 0) is 13.6 Å². The molecule has 0 unspecified atom stereocenters. The Balaban J connectivity index is 2.70. The molecule has 0 amide bonds. The number of benzene rings is 1. The van der Waals surface area contributed by atoms with Crippen molar-refractivity contribution in [2.75, 3.05) is 0 Å². The van der Waals surface area contributed by atoms with Gasteiger partial charge in [0.15, 0.2) is 0 Å². The molecule has 2 aromatic rings. The van der Waals surface area contributed by atoms with Crippen LogP contribution >= 0.6 is 15.9 Å². The molecule has 0 aliphatic heterocycles. The molecule has 0 atom stereocenters. The Morgan fingerprint density at radius 2 is 1.89 bits per heavy atom. The molecule has 0 saturated heterocycles. The van der Waals surface area contributed by atoms with Gasteiger partial charge in [-0.2, -0.15) is 5.10 Å². The first-order chi connectivity index (χ1) is 8.47. The van der Waals surface area contributed by atoms with Gasteiger partial charge in [0.05, 0.1) is 15.9 Å². The van der Waals surface area contributed by atoms with Gasteiger partial charge in [0.1, 0.15) is 0 Å². The van der Waals surface area contributed by atoms with Crippen molar-refractivity contribution in [3.63, 3.8) is 0 Å². The van der Waals surface area contributed by atoms with E-state index in [1.54, 1.807) is 0 Å². The van der Waals surface area contributed by atoms with Crippen LogP contribution in [0.1, 0.15) is 22.4 Å². The molecule has 18 heavy (non-hydrogen) atoms. The molecule has 3 nitrogen and oxygen atoms in total. The van der Waals surface area contributed by atoms with E-state index < -0.39 is 0 Å². The van der Waals surface area contributed by atoms with Crippen LogP contribution in [0.2, 0.25) is 0 Å². The number of aromatic nitrogens is 2. The molecular formula is C14H18BrN3. The monoisotopic (exact) mass is 307 g/mol. The number of hydrogen-bond donors (Lipinski definition) is 1. The van der Waals surface area contributed by atoms with Crippen LogP contribution in [0, 0.1) is 20.8 Å². The zero-order valence-electron chi connectivity index (χ0n) is 11.2. The summed E-state index contributed by atoms with van der Waals surface area (Å²) in [6.45, 7) is 6.88. The summed E-state index contributed by atoms with van der Waals surface area (Å²) in [5.74, 6) is 0. The van der Waals surface area contributed by atoms with E-state index >= 15 is 0 Å². The van der Waals surface area contributed by atoms with Crippen LogP contribution in [0.15, 0.2) is 16.6 Å². The van der Waals surface area contributed by atoms with Crippen molar-refractivity contribution in [2.45, 2.75) is 27.3 Å². The molecule has 0 fully saturated rings. The highest BCUT2D eigenvalue weighted by atomic mass is 79.9. The summed E-state index contributed by atoms with van der Waals surface area (Å²) in [5, 5.41) is 4.44. The van der Waals surface area contributed by atoms with E-state index in [2.05, 4.69) is 53.9 Å². The van der Waals surface area contributed by atoms with Gasteiger partial charge in [0.2, 0.25) is 0 Å². The number of nitrogens with two attached hydrogens (primary N) is 1. The Labute approximate surface area is 116 Å². The summed E-state index contributed by atoms with van der Waals surface area (Å²) in [4.78, 5) is 0. The Hall–Kier alpha value is -1.13. The second kappa shape index (κ2) is 4.86. The van der Waals surface area contributed by atoms with Gasteiger partial charge in [0.25, 0.3) is 0 Å². The summed E-state index contributed by atoms with van der Waals surface area (Å²) in [7, 11) is 1.95. The minimum absolute atomic E-state index is 0.443. The summed E-state index contributed by atoms with van der Waals surface area (Å²) in [6, 6.07) is 4.30. The van der Waals surface area contributed by atoms with Crippen molar-refractivity contribution in [2.24, 2.45) is 12.8 Å². The SMILES string of the molecule is Cc1ccc(-c2c(Br)c(CN)nn2C)c(C)c1C. The van der Waals surface area contributed by atoms with E-state index in [-0.39, 0.29) is 0 Å². The van der Waals surface area contributed by atoms with Crippen molar-refractivity contribution < 1.29 is 0 Å². The zero-order valence-corrected chi connectivity index (χ0v) is 12.8. The van der Waals surface area contributed by atoms with Crippen LogP contribution in [0.3, 0.4) is 0 Å². The van der Waals surface area contributed by atoms with Gasteiger partial charge < -0.3 is 5.73 Å². The smallest absolute Gasteiger partial charge is 0.0908 e. The number of hydrogen-bond acceptors (Lipinski definition) is 2. The average Bonchev–Trinajstić information content (AvgIpc) is 2.63. The molecule has 0 aliphatic carbocycles. The summed E-state index contributed by atoms with van der Waals surface area (Å²) in [6.07, 6.45) is 0. The third-order valence-corrected chi connectivity index (χ3v) is 4.40. The molecule has 0 aliphatic rings. The molecule has 0 radical (unpaired) electrons. The van der Waals surface area contributed by atoms with Crippen LogP contribution in [-0.4, -0.2) is 9.78 Å². The number of rotatable bonds is 2. The number of nitrogens with zero attached hydrogens (tertiary/aromatic N) is 2. The minimum Gasteiger partial charge on any atom is -0.325 e. The Bertz CT molecular complexity index is 600. The van der Waals surface area contributed by atoms with Gasteiger partial charge >= 0.3 is 0 Å². The second-order valence-corrected chi connectivity index (χ2v) is 5.41. The molecule has 0 saturated carbocycles. The van der Waals surface area contributed by atoms with E-state index in [0.717, 1.165) is 15.9 Å².